The highest BCUT2D eigenvalue weighted by atomic mass is 16.3. The van der Waals surface area contributed by atoms with Gasteiger partial charge in [0.25, 0.3) is 0 Å². The van der Waals surface area contributed by atoms with Crippen molar-refractivity contribution in [1.29, 1.82) is 0 Å². The van der Waals surface area contributed by atoms with Crippen molar-refractivity contribution in [3.05, 3.63) is 0 Å². The van der Waals surface area contributed by atoms with Gasteiger partial charge in [0, 0.05) is 6.04 Å². The van der Waals surface area contributed by atoms with Crippen LogP contribution in [0.15, 0.2) is 0 Å². The average molecular weight is 199 g/mol. The molecule has 1 saturated carbocycles. The van der Waals surface area contributed by atoms with E-state index in [4.69, 9.17) is 0 Å². The maximum Gasteiger partial charge on any atom is 0.0718 e. The van der Waals surface area contributed by atoms with E-state index in [1.54, 1.807) is 0 Å². The van der Waals surface area contributed by atoms with E-state index in [0.717, 1.165) is 12.5 Å². The van der Waals surface area contributed by atoms with Crippen LogP contribution in [0, 0.1) is 11.8 Å². The fourth-order valence-corrected chi connectivity index (χ4v) is 2.48. The second-order valence-electron chi connectivity index (χ2n) is 4.86. The normalized spacial score (nSPS) is 32.6. The van der Waals surface area contributed by atoms with Gasteiger partial charge < -0.3 is 10.4 Å². The van der Waals surface area contributed by atoms with Gasteiger partial charge in [-0.05, 0) is 38.1 Å². The molecule has 2 heteroatoms. The molecule has 0 saturated heterocycles. The third-order valence-electron chi connectivity index (χ3n) is 3.58. The van der Waals surface area contributed by atoms with Crippen LogP contribution < -0.4 is 5.32 Å². The molecular weight excluding hydrogens is 174 g/mol. The van der Waals surface area contributed by atoms with E-state index in [2.05, 4.69) is 26.1 Å². The van der Waals surface area contributed by atoms with Crippen molar-refractivity contribution >= 4 is 0 Å². The van der Waals surface area contributed by atoms with Crippen molar-refractivity contribution in [2.45, 2.75) is 58.6 Å². The van der Waals surface area contributed by atoms with Crippen molar-refractivity contribution in [1.82, 2.24) is 5.32 Å². The fraction of sp³-hybridized carbons (Fsp3) is 1.00. The van der Waals surface area contributed by atoms with Gasteiger partial charge in [0.2, 0.25) is 0 Å². The number of aliphatic hydroxyl groups excluding tert-OH is 1. The number of hydrogen-bond acceptors (Lipinski definition) is 2. The van der Waals surface area contributed by atoms with Gasteiger partial charge in [-0.25, -0.2) is 0 Å². The maximum absolute atomic E-state index is 10.1. The van der Waals surface area contributed by atoms with E-state index < -0.39 is 0 Å². The number of hydrogen-bond donors (Lipinski definition) is 2. The summed E-state index contributed by atoms with van der Waals surface area (Å²) in [4.78, 5) is 0. The van der Waals surface area contributed by atoms with Crippen LogP contribution in [-0.4, -0.2) is 23.8 Å². The van der Waals surface area contributed by atoms with Crippen LogP contribution in [-0.2, 0) is 0 Å². The Morgan fingerprint density at radius 3 is 2.36 bits per heavy atom. The molecule has 0 aromatic carbocycles. The molecule has 0 heterocycles. The highest BCUT2D eigenvalue weighted by Crippen LogP contribution is 2.31. The van der Waals surface area contributed by atoms with Crippen molar-refractivity contribution in [3.8, 4) is 0 Å². The predicted molar refractivity (Wildman–Crippen MR) is 60.3 cm³/mol. The first-order chi connectivity index (χ1) is 6.65. The maximum atomic E-state index is 10.1. The summed E-state index contributed by atoms with van der Waals surface area (Å²) in [5.74, 6) is 1.40. The first-order valence-corrected chi connectivity index (χ1v) is 6.06. The van der Waals surface area contributed by atoms with Crippen LogP contribution in [0.1, 0.15) is 46.5 Å². The SMILES string of the molecule is CCNC(C)C(O)C1CCC(C)CC1. The van der Waals surface area contributed by atoms with Crippen LogP contribution >= 0.6 is 0 Å². The third kappa shape index (κ3) is 3.25. The quantitative estimate of drug-likeness (QED) is 0.727. The van der Waals surface area contributed by atoms with Gasteiger partial charge in [0.05, 0.1) is 6.10 Å². The predicted octanol–water partition coefficient (Wildman–Crippen LogP) is 2.17. The minimum absolute atomic E-state index is 0.151. The summed E-state index contributed by atoms with van der Waals surface area (Å²) >= 11 is 0. The Morgan fingerprint density at radius 1 is 1.29 bits per heavy atom. The van der Waals surface area contributed by atoms with E-state index >= 15 is 0 Å². The van der Waals surface area contributed by atoms with E-state index in [9.17, 15) is 5.11 Å². The second kappa shape index (κ2) is 5.72. The standard InChI is InChI=1S/C12H25NO/c1-4-13-10(3)12(14)11-7-5-9(2)6-8-11/h9-14H,4-8H2,1-3H3. The molecule has 1 aliphatic carbocycles. The summed E-state index contributed by atoms with van der Waals surface area (Å²) in [5, 5.41) is 13.4. The highest BCUT2D eigenvalue weighted by Gasteiger charge is 2.27. The lowest BCUT2D eigenvalue weighted by Gasteiger charge is -2.33. The van der Waals surface area contributed by atoms with Crippen molar-refractivity contribution in [2.24, 2.45) is 11.8 Å². The van der Waals surface area contributed by atoms with Gasteiger partial charge in [-0.1, -0.05) is 26.7 Å². The van der Waals surface area contributed by atoms with Crippen LogP contribution in [0.25, 0.3) is 0 Å². The van der Waals surface area contributed by atoms with Gasteiger partial charge in [0.1, 0.15) is 0 Å². The van der Waals surface area contributed by atoms with Crippen molar-refractivity contribution in [3.63, 3.8) is 0 Å². The van der Waals surface area contributed by atoms with Crippen molar-refractivity contribution < 1.29 is 5.11 Å². The molecule has 2 N–H and O–H groups in total. The monoisotopic (exact) mass is 199 g/mol. The molecule has 0 aromatic heterocycles. The largest absolute Gasteiger partial charge is 0.391 e. The van der Waals surface area contributed by atoms with Gasteiger partial charge >= 0.3 is 0 Å². The van der Waals surface area contributed by atoms with Gasteiger partial charge in [-0.2, -0.15) is 0 Å². The summed E-state index contributed by atoms with van der Waals surface area (Å²) in [6.07, 6.45) is 4.85. The minimum atomic E-state index is -0.151. The topological polar surface area (TPSA) is 32.3 Å². The first-order valence-electron chi connectivity index (χ1n) is 6.06. The minimum Gasteiger partial charge on any atom is -0.391 e. The molecule has 2 unspecified atom stereocenters. The smallest absolute Gasteiger partial charge is 0.0718 e. The van der Waals surface area contributed by atoms with Crippen molar-refractivity contribution in [2.75, 3.05) is 6.54 Å². The fourth-order valence-electron chi connectivity index (χ4n) is 2.48. The lowest BCUT2D eigenvalue weighted by atomic mass is 9.78. The Kier molecular flexibility index (Phi) is 4.90. The number of rotatable bonds is 4. The third-order valence-corrected chi connectivity index (χ3v) is 3.58. The van der Waals surface area contributed by atoms with Crippen LogP contribution in [0.4, 0.5) is 0 Å². The van der Waals surface area contributed by atoms with E-state index in [-0.39, 0.29) is 12.1 Å². The van der Waals surface area contributed by atoms with E-state index in [0.29, 0.717) is 5.92 Å². The molecule has 0 spiro atoms. The van der Waals surface area contributed by atoms with E-state index in [1.807, 2.05) is 0 Å². The van der Waals surface area contributed by atoms with Crippen LogP contribution in [0.5, 0.6) is 0 Å². The summed E-state index contributed by atoms with van der Waals surface area (Å²) in [5.41, 5.74) is 0. The molecule has 0 radical (unpaired) electrons. The molecule has 0 amide bonds. The number of likely N-dealkylation sites (N-methyl/N-ethyl adjacent to an activating group) is 1. The van der Waals surface area contributed by atoms with Crippen LogP contribution in [0.2, 0.25) is 0 Å². The van der Waals surface area contributed by atoms with E-state index in [1.165, 1.54) is 25.7 Å². The lowest BCUT2D eigenvalue weighted by molar-refractivity contribution is 0.0491. The Labute approximate surface area is 88.1 Å². The summed E-state index contributed by atoms with van der Waals surface area (Å²) < 4.78 is 0. The number of nitrogens with one attached hydrogen (secondary N) is 1. The molecule has 1 aliphatic rings. The van der Waals surface area contributed by atoms with Gasteiger partial charge in [0.15, 0.2) is 0 Å². The molecule has 1 rings (SSSR count). The summed E-state index contributed by atoms with van der Waals surface area (Å²) in [6.45, 7) is 7.44. The molecule has 84 valence electrons. The molecule has 2 atom stereocenters. The molecule has 0 aliphatic heterocycles. The zero-order chi connectivity index (χ0) is 10.6. The summed E-state index contributed by atoms with van der Waals surface area (Å²) in [7, 11) is 0. The summed E-state index contributed by atoms with van der Waals surface area (Å²) in [6, 6.07) is 0.249. The molecular formula is C12H25NO. The van der Waals surface area contributed by atoms with Gasteiger partial charge in [-0.15, -0.1) is 0 Å². The molecule has 0 bridgehead atoms. The zero-order valence-corrected chi connectivity index (χ0v) is 9.79. The van der Waals surface area contributed by atoms with Crippen LogP contribution in [0.3, 0.4) is 0 Å². The Balaban J connectivity index is 2.33. The molecule has 1 fully saturated rings. The zero-order valence-electron chi connectivity index (χ0n) is 9.79. The first kappa shape index (κ1) is 12.0. The van der Waals surface area contributed by atoms with Gasteiger partial charge in [-0.3, -0.25) is 0 Å². The molecule has 14 heavy (non-hydrogen) atoms. The Morgan fingerprint density at radius 2 is 1.86 bits per heavy atom. The molecule has 0 aromatic rings. The number of aliphatic hydroxyl groups is 1. The average Bonchev–Trinajstić information content (AvgIpc) is 2.18. The second-order valence-corrected chi connectivity index (χ2v) is 4.86. The highest BCUT2D eigenvalue weighted by molar-refractivity contribution is 4.81. The Hall–Kier alpha value is -0.0800. The lowest BCUT2D eigenvalue weighted by Crippen LogP contribution is -2.42. The molecule has 2 nitrogen and oxygen atoms in total. The Bertz CT molecular complexity index is 152.